The minimum Gasteiger partial charge on any atom is -0.328 e. The Hall–Kier alpha value is -2.78. The fraction of sp³-hybridized carbons (Fsp3) is 0.286. The number of nitriles is 1. The molecule has 2 aromatic carbocycles. The van der Waals surface area contributed by atoms with Gasteiger partial charge in [-0.3, -0.25) is 9.59 Å². The van der Waals surface area contributed by atoms with Gasteiger partial charge in [0.1, 0.15) is 12.6 Å². The Kier molecular flexibility index (Phi) is 6.15. The van der Waals surface area contributed by atoms with Crippen molar-refractivity contribution < 1.29 is 9.59 Å². The number of para-hydroxylation sites is 1. The van der Waals surface area contributed by atoms with E-state index in [-0.39, 0.29) is 24.4 Å². The zero-order chi connectivity index (χ0) is 19.2. The Morgan fingerprint density at radius 2 is 1.89 bits per heavy atom. The summed E-state index contributed by atoms with van der Waals surface area (Å²) in [4.78, 5) is 28.7. The monoisotopic (exact) mass is 379 g/mol. The van der Waals surface area contributed by atoms with Gasteiger partial charge in [0.15, 0.2) is 0 Å². The zero-order valence-corrected chi connectivity index (χ0v) is 16.0. The van der Waals surface area contributed by atoms with Crippen LogP contribution in [-0.2, 0) is 16.0 Å². The topological polar surface area (TPSA) is 64.4 Å². The van der Waals surface area contributed by atoms with Crippen molar-refractivity contribution in [3.05, 3.63) is 65.7 Å². The molecule has 6 heteroatoms. The molecule has 27 heavy (non-hydrogen) atoms. The molecule has 0 aromatic heterocycles. The van der Waals surface area contributed by atoms with Crippen LogP contribution >= 0.6 is 11.8 Å². The summed E-state index contributed by atoms with van der Waals surface area (Å²) in [6.45, 7) is 0.420. The molecule has 3 rings (SSSR count). The Balaban J connectivity index is 1.91. The Morgan fingerprint density at radius 1 is 1.19 bits per heavy atom. The smallest absolute Gasteiger partial charge is 0.246 e. The van der Waals surface area contributed by atoms with E-state index in [1.54, 1.807) is 28.0 Å². The van der Waals surface area contributed by atoms with Gasteiger partial charge in [0.25, 0.3) is 0 Å². The van der Waals surface area contributed by atoms with Crippen LogP contribution in [0.2, 0.25) is 0 Å². The van der Waals surface area contributed by atoms with Crippen LogP contribution in [0, 0.1) is 11.3 Å². The highest BCUT2D eigenvalue weighted by atomic mass is 32.2. The van der Waals surface area contributed by atoms with E-state index in [4.69, 9.17) is 0 Å². The van der Waals surface area contributed by atoms with Crippen LogP contribution in [0.15, 0.2) is 54.6 Å². The predicted molar refractivity (Wildman–Crippen MR) is 108 cm³/mol. The number of anilines is 1. The van der Waals surface area contributed by atoms with Crippen LogP contribution in [0.5, 0.6) is 0 Å². The number of hydrogen-bond donors (Lipinski definition) is 0. The second-order valence-corrected chi connectivity index (χ2v) is 7.30. The molecule has 1 aliphatic rings. The first-order valence-corrected chi connectivity index (χ1v) is 10.1. The SMILES string of the molecule is CSCC(=O)N1CC(=O)N(c2ccccc2C#N)C[C@@H]1Cc1ccccc1. The van der Waals surface area contributed by atoms with Crippen LogP contribution in [0.25, 0.3) is 0 Å². The van der Waals surface area contributed by atoms with E-state index >= 15 is 0 Å². The maximum absolute atomic E-state index is 12.8. The van der Waals surface area contributed by atoms with Crippen molar-refractivity contribution >= 4 is 29.3 Å². The maximum Gasteiger partial charge on any atom is 0.246 e. The van der Waals surface area contributed by atoms with Crippen LogP contribution in [-0.4, -0.2) is 47.9 Å². The Morgan fingerprint density at radius 3 is 2.59 bits per heavy atom. The summed E-state index contributed by atoms with van der Waals surface area (Å²) in [5.41, 5.74) is 2.19. The minimum atomic E-state index is -0.156. The summed E-state index contributed by atoms with van der Waals surface area (Å²) in [7, 11) is 0. The number of piperazine rings is 1. The van der Waals surface area contributed by atoms with Gasteiger partial charge in [-0.15, -0.1) is 0 Å². The van der Waals surface area contributed by atoms with Crippen molar-refractivity contribution in [2.45, 2.75) is 12.5 Å². The lowest BCUT2D eigenvalue weighted by molar-refractivity contribution is -0.137. The highest BCUT2D eigenvalue weighted by Crippen LogP contribution is 2.25. The van der Waals surface area contributed by atoms with Gasteiger partial charge in [-0.05, 0) is 30.4 Å². The van der Waals surface area contributed by atoms with Crippen molar-refractivity contribution in [3.8, 4) is 6.07 Å². The number of benzene rings is 2. The van der Waals surface area contributed by atoms with Gasteiger partial charge >= 0.3 is 0 Å². The summed E-state index contributed by atoms with van der Waals surface area (Å²) in [5.74, 6) is 0.175. The standard InChI is InChI=1S/C21H21N3O2S/c1-27-15-21(26)23-14-20(25)24(19-10-6-5-9-17(19)12-22)13-18(23)11-16-7-3-2-4-8-16/h2-10,18H,11,13-15H2,1H3/t18-/m0/s1. The summed E-state index contributed by atoms with van der Waals surface area (Å²) in [6.07, 6.45) is 2.55. The molecule has 1 heterocycles. The highest BCUT2D eigenvalue weighted by molar-refractivity contribution is 7.99. The summed E-state index contributed by atoms with van der Waals surface area (Å²) in [5, 5.41) is 9.39. The third-order valence-corrected chi connectivity index (χ3v) is 5.19. The number of nitrogens with zero attached hydrogens (tertiary/aromatic N) is 3. The summed E-state index contributed by atoms with van der Waals surface area (Å²) >= 11 is 1.46. The van der Waals surface area contributed by atoms with Crippen molar-refractivity contribution in [2.75, 3.05) is 30.0 Å². The first-order chi connectivity index (χ1) is 13.1. The van der Waals surface area contributed by atoms with E-state index in [9.17, 15) is 14.9 Å². The molecule has 1 aliphatic heterocycles. The molecule has 5 nitrogen and oxygen atoms in total. The van der Waals surface area contributed by atoms with Gasteiger partial charge < -0.3 is 9.80 Å². The maximum atomic E-state index is 12.8. The molecule has 2 amide bonds. The van der Waals surface area contributed by atoms with Crippen molar-refractivity contribution in [3.63, 3.8) is 0 Å². The molecule has 0 aliphatic carbocycles. The molecule has 1 fully saturated rings. The van der Waals surface area contributed by atoms with E-state index in [1.807, 2.05) is 42.7 Å². The summed E-state index contributed by atoms with van der Waals surface area (Å²) < 4.78 is 0. The average molecular weight is 379 g/mol. The van der Waals surface area contributed by atoms with E-state index < -0.39 is 0 Å². The lowest BCUT2D eigenvalue weighted by atomic mass is 10.0. The first kappa shape index (κ1) is 19.0. The molecule has 0 N–H and O–H groups in total. The molecule has 0 spiro atoms. The number of rotatable bonds is 5. The quantitative estimate of drug-likeness (QED) is 0.801. The molecule has 0 radical (unpaired) electrons. The first-order valence-electron chi connectivity index (χ1n) is 8.76. The number of amides is 2. The zero-order valence-electron chi connectivity index (χ0n) is 15.2. The van der Waals surface area contributed by atoms with Gasteiger partial charge in [-0.25, -0.2) is 0 Å². The second kappa shape index (κ2) is 8.74. The Bertz CT molecular complexity index is 863. The van der Waals surface area contributed by atoms with Crippen LogP contribution < -0.4 is 4.90 Å². The molecule has 0 bridgehead atoms. The Labute approximate surface area is 163 Å². The van der Waals surface area contributed by atoms with Gasteiger partial charge in [0.2, 0.25) is 11.8 Å². The number of thioether (sulfide) groups is 1. The minimum absolute atomic E-state index is 0.0231. The van der Waals surface area contributed by atoms with Gasteiger partial charge in [-0.1, -0.05) is 42.5 Å². The van der Waals surface area contributed by atoms with Crippen LogP contribution in [0.1, 0.15) is 11.1 Å². The molecule has 0 saturated carbocycles. The van der Waals surface area contributed by atoms with E-state index in [0.29, 0.717) is 30.0 Å². The molecule has 0 unspecified atom stereocenters. The van der Waals surface area contributed by atoms with E-state index in [0.717, 1.165) is 5.56 Å². The summed E-state index contributed by atoms with van der Waals surface area (Å²) in [6, 6.07) is 19.1. The molecular formula is C21H21N3O2S. The van der Waals surface area contributed by atoms with Crippen LogP contribution in [0.3, 0.4) is 0 Å². The highest BCUT2D eigenvalue weighted by Gasteiger charge is 2.36. The normalized spacial score (nSPS) is 16.9. The fourth-order valence-corrected chi connectivity index (χ4v) is 3.78. The van der Waals surface area contributed by atoms with Gasteiger partial charge in [0, 0.05) is 6.54 Å². The van der Waals surface area contributed by atoms with Crippen molar-refractivity contribution in [2.24, 2.45) is 0 Å². The third kappa shape index (κ3) is 4.32. The molecule has 1 saturated heterocycles. The fourth-order valence-electron chi connectivity index (χ4n) is 3.37. The van der Waals surface area contributed by atoms with Crippen molar-refractivity contribution in [1.29, 1.82) is 5.26 Å². The largest absolute Gasteiger partial charge is 0.328 e. The van der Waals surface area contributed by atoms with Gasteiger partial charge in [0.05, 0.1) is 23.0 Å². The number of carbonyl (C=O) groups is 2. The molecule has 138 valence electrons. The molecular weight excluding hydrogens is 358 g/mol. The molecule has 2 aromatic rings. The van der Waals surface area contributed by atoms with Gasteiger partial charge in [-0.2, -0.15) is 17.0 Å². The van der Waals surface area contributed by atoms with Crippen molar-refractivity contribution in [1.82, 2.24) is 4.90 Å². The average Bonchev–Trinajstić information content (AvgIpc) is 2.70. The second-order valence-electron chi connectivity index (χ2n) is 6.43. The lowest BCUT2D eigenvalue weighted by Crippen LogP contribution is -2.59. The molecule has 1 atom stereocenters. The number of carbonyl (C=O) groups excluding carboxylic acids is 2. The van der Waals surface area contributed by atoms with E-state index in [1.165, 1.54) is 11.8 Å². The van der Waals surface area contributed by atoms with E-state index in [2.05, 4.69) is 6.07 Å². The van der Waals surface area contributed by atoms with Crippen LogP contribution in [0.4, 0.5) is 5.69 Å². The predicted octanol–water partition coefficient (Wildman–Crippen LogP) is 2.71. The third-order valence-electron chi connectivity index (χ3n) is 4.66. The lowest BCUT2D eigenvalue weighted by Gasteiger charge is -2.41. The number of hydrogen-bond acceptors (Lipinski definition) is 4.